The summed E-state index contributed by atoms with van der Waals surface area (Å²) in [5, 5.41) is 0. The van der Waals surface area contributed by atoms with E-state index in [-0.39, 0.29) is 5.97 Å². The summed E-state index contributed by atoms with van der Waals surface area (Å²) in [7, 11) is 1.35. The number of aldehydes is 1. The molecule has 108 valence electrons. The number of hydrogen-bond donors (Lipinski definition) is 0. The van der Waals surface area contributed by atoms with Gasteiger partial charge in [0, 0.05) is 5.56 Å². The summed E-state index contributed by atoms with van der Waals surface area (Å²) in [6.07, 6.45) is 0.778. The van der Waals surface area contributed by atoms with Crippen LogP contribution < -0.4 is 4.74 Å². The molecule has 0 atom stereocenters. The molecule has 0 amide bonds. The number of ether oxygens (including phenoxy) is 2. The van der Waals surface area contributed by atoms with Crippen molar-refractivity contribution in [3.8, 4) is 5.75 Å². The fourth-order valence-corrected chi connectivity index (χ4v) is 2.23. The Labute approximate surface area is 130 Å². The van der Waals surface area contributed by atoms with Crippen molar-refractivity contribution < 1.29 is 19.1 Å². The minimum atomic E-state index is -0.366. The van der Waals surface area contributed by atoms with Crippen molar-refractivity contribution in [2.75, 3.05) is 7.11 Å². The summed E-state index contributed by atoms with van der Waals surface area (Å²) < 4.78 is 11.0. The second-order valence-corrected chi connectivity index (χ2v) is 5.14. The van der Waals surface area contributed by atoms with Crippen molar-refractivity contribution in [3.63, 3.8) is 0 Å². The maximum Gasteiger partial charge on any atom is 0.337 e. The van der Waals surface area contributed by atoms with Crippen LogP contribution in [0, 0.1) is 0 Å². The van der Waals surface area contributed by atoms with Gasteiger partial charge in [0.25, 0.3) is 0 Å². The molecule has 4 nitrogen and oxygen atoms in total. The number of carbonyl (C=O) groups excluding carboxylic acids is 2. The van der Waals surface area contributed by atoms with Gasteiger partial charge >= 0.3 is 5.97 Å². The van der Waals surface area contributed by atoms with Gasteiger partial charge in [-0.05, 0) is 51.8 Å². The summed E-state index contributed by atoms with van der Waals surface area (Å²) in [6.45, 7) is 0.362. The van der Waals surface area contributed by atoms with Crippen LogP contribution in [0.15, 0.2) is 46.9 Å². The fraction of sp³-hybridized carbons (Fsp3) is 0.125. The standard InChI is InChI=1S/C16H13BrO4/c1-20-16(19)13-5-2-11(3-6-13)10-21-15-7-4-12(9-18)8-14(15)17/h2-9H,10H2,1H3. The molecule has 2 aromatic carbocycles. The van der Waals surface area contributed by atoms with Crippen LogP contribution in [0.1, 0.15) is 26.3 Å². The van der Waals surface area contributed by atoms with Gasteiger partial charge in [-0.1, -0.05) is 12.1 Å². The van der Waals surface area contributed by atoms with Gasteiger partial charge in [0.05, 0.1) is 17.1 Å². The number of esters is 1. The molecule has 0 heterocycles. The molecule has 0 fully saturated rings. The predicted molar refractivity (Wildman–Crippen MR) is 81.6 cm³/mol. The molecule has 0 radical (unpaired) electrons. The quantitative estimate of drug-likeness (QED) is 0.611. The van der Waals surface area contributed by atoms with E-state index in [4.69, 9.17) is 4.74 Å². The zero-order valence-electron chi connectivity index (χ0n) is 11.3. The average Bonchev–Trinajstić information content (AvgIpc) is 2.53. The van der Waals surface area contributed by atoms with Crippen molar-refractivity contribution >= 4 is 28.2 Å². The molecule has 21 heavy (non-hydrogen) atoms. The SMILES string of the molecule is COC(=O)c1ccc(COc2ccc(C=O)cc2Br)cc1. The summed E-state index contributed by atoms with van der Waals surface area (Å²) >= 11 is 3.36. The van der Waals surface area contributed by atoms with Crippen LogP contribution in [0.4, 0.5) is 0 Å². The average molecular weight is 349 g/mol. The lowest BCUT2D eigenvalue weighted by molar-refractivity contribution is 0.0600. The Hall–Kier alpha value is -2.14. The molecular formula is C16H13BrO4. The molecule has 0 aliphatic rings. The lowest BCUT2D eigenvalue weighted by Crippen LogP contribution is -2.02. The summed E-state index contributed by atoms with van der Waals surface area (Å²) in [4.78, 5) is 22.0. The maximum atomic E-state index is 11.3. The van der Waals surface area contributed by atoms with E-state index in [0.29, 0.717) is 23.5 Å². The highest BCUT2D eigenvalue weighted by molar-refractivity contribution is 9.10. The Kier molecular flexibility index (Phi) is 5.11. The van der Waals surface area contributed by atoms with Gasteiger partial charge in [-0.25, -0.2) is 4.79 Å². The van der Waals surface area contributed by atoms with Crippen LogP contribution in [-0.4, -0.2) is 19.4 Å². The van der Waals surface area contributed by atoms with E-state index in [1.807, 2.05) is 0 Å². The number of hydrogen-bond acceptors (Lipinski definition) is 4. The topological polar surface area (TPSA) is 52.6 Å². The molecule has 2 rings (SSSR count). The van der Waals surface area contributed by atoms with Crippen molar-refractivity contribution in [1.82, 2.24) is 0 Å². The lowest BCUT2D eigenvalue weighted by atomic mass is 10.1. The number of rotatable bonds is 5. The van der Waals surface area contributed by atoms with Gasteiger partial charge in [-0.3, -0.25) is 4.79 Å². The van der Waals surface area contributed by atoms with Gasteiger partial charge < -0.3 is 9.47 Å². The van der Waals surface area contributed by atoms with Crippen molar-refractivity contribution in [2.24, 2.45) is 0 Å². The third-order valence-corrected chi connectivity index (χ3v) is 3.48. The van der Waals surface area contributed by atoms with E-state index in [1.165, 1.54) is 7.11 Å². The normalized spacial score (nSPS) is 10.0. The van der Waals surface area contributed by atoms with Crippen LogP contribution in [0.25, 0.3) is 0 Å². The Bertz CT molecular complexity index is 650. The lowest BCUT2D eigenvalue weighted by Gasteiger charge is -2.09. The number of methoxy groups -OCH3 is 1. The second kappa shape index (κ2) is 7.04. The molecule has 0 unspecified atom stereocenters. The van der Waals surface area contributed by atoms with E-state index in [2.05, 4.69) is 20.7 Å². The van der Waals surface area contributed by atoms with Crippen LogP contribution in [0.5, 0.6) is 5.75 Å². The van der Waals surface area contributed by atoms with Crippen molar-refractivity contribution in [2.45, 2.75) is 6.61 Å². The molecule has 0 aliphatic heterocycles. The van der Waals surface area contributed by atoms with Gasteiger partial charge in [-0.2, -0.15) is 0 Å². The molecule has 0 saturated heterocycles. The first-order valence-corrected chi connectivity index (χ1v) is 6.98. The molecule has 0 bridgehead atoms. The monoisotopic (exact) mass is 348 g/mol. The first-order chi connectivity index (χ1) is 10.1. The minimum Gasteiger partial charge on any atom is -0.488 e. The highest BCUT2D eigenvalue weighted by Gasteiger charge is 2.06. The Balaban J connectivity index is 2.03. The maximum absolute atomic E-state index is 11.3. The van der Waals surface area contributed by atoms with Crippen LogP contribution in [0.2, 0.25) is 0 Å². The first-order valence-electron chi connectivity index (χ1n) is 6.19. The Morgan fingerprint density at radius 3 is 2.48 bits per heavy atom. The third kappa shape index (κ3) is 3.92. The van der Waals surface area contributed by atoms with E-state index in [9.17, 15) is 9.59 Å². The van der Waals surface area contributed by atoms with Crippen LogP contribution in [0.3, 0.4) is 0 Å². The predicted octanol–water partition coefficient (Wildman–Crippen LogP) is 3.63. The third-order valence-electron chi connectivity index (χ3n) is 2.86. The van der Waals surface area contributed by atoms with E-state index < -0.39 is 0 Å². The first kappa shape index (κ1) is 15.3. The highest BCUT2D eigenvalue weighted by Crippen LogP contribution is 2.26. The number of carbonyl (C=O) groups is 2. The van der Waals surface area contributed by atoms with Crippen molar-refractivity contribution in [3.05, 3.63) is 63.6 Å². The molecule has 0 N–H and O–H groups in total. The van der Waals surface area contributed by atoms with Crippen molar-refractivity contribution in [1.29, 1.82) is 0 Å². The van der Waals surface area contributed by atoms with Crippen LogP contribution in [-0.2, 0) is 11.3 Å². The highest BCUT2D eigenvalue weighted by atomic mass is 79.9. The zero-order chi connectivity index (χ0) is 15.2. The Morgan fingerprint density at radius 1 is 1.19 bits per heavy atom. The van der Waals surface area contributed by atoms with Gasteiger partial charge in [0.15, 0.2) is 0 Å². The van der Waals surface area contributed by atoms with Crippen LogP contribution >= 0.6 is 15.9 Å². The largest absolute Gasteiger partial charge is 0.488 e. The van der Waals surface area contributed by atoms with Gasteiger partial charge in [-0.15, -0.1) is 0 Å². The molecular weight excluding hydrogens is 336 g/mol. The number of benzene rings is 2. The van der Waals surface area contributed by atoms with E-state index in [1.54, 1.807) is 42.5 Å². The fourth-order valence-electron chi connectivity index (χ4n) is 1.72. The van der Waals surface area contributed by atoms with Gasteiger partial charge in [0.2, 0.25) is 0 Å². The zero-order valence-corrected chi connectivity index (χ0v) is 12.9. The molecule has 2 aromatic rings. The van der Waals surface area contributed by atoms with Gasteiger partial charge in [0.1, 0.15) is 18.6 Å². The smallest absolute Gasteiger partial charge is 0.337 e. The number of halogens is 1. The second-order valence-electron chi connectivity index (χ2n) is 4.28. The molecule has 0 saturated carbocycles. The molecule has 0 aromatic heterocycles. The summed E-state index contributed by atoms with van der Waals surface area (Å²) in [5.41, 5.74) is 2.00. The van der Waals surface area contributed by atoms with E-state index in [0.717, 1.165) is 16.3 Å². The summed E-state index contributed by atoms with van der Waals surface area (Å²) in [6, 6.07) is 12.1. The molecule has 5 heteroatoms. The molecule has 0 aliphatic carbocycles. The molecule has 0 spiro atoms. The summed E-state index contributed by atoms with van der Waals surface area (Å²) in [5.74, 6) is 0.285. The minimum absolute atomic E-state index is 0.362. The Morgan fingerprint density at radius 2 is 1.90 bits per heavy atom. The van der Waals surface area contributed by atoms with E-state index >= 15 is 0 Å².